The lowest BCUT2D eigenvalue weighted by atomic mass is 9.96. The quantitative estimate of drug-likeness (QED) is 0.596. The molecule has 0 atom stereocenters. The number of nitrogens with zero attached hydrogens (tertiary/aromatic N) is 2. The fourth-order valence-electron chi connectivity index (χ4n) is 3.22. The number of rotatable bonds is 5. The molecule has 0 aliphatic heterocycles. The highest BCUT2D eigenvalue weighted by Gasteiger charge is 2.26. The van der Waals surface area contributed by atoms with E-state index in [0.29, 0.717) is 28.7 Å². The number of esters is 1. The maximum absolute atomic E-state index is 12.5. The van der Waals surface area contributed by atoms with Crippen molar-refractivity contribution in [3.63, 3.8) is 0 Å². The summed E-state index contributed by atoms with van der Waals surface area (Å²) in [6, 6.07) is 0. The highest BCUT2D eigenvalue weighted by molar-refractivity contribution is 7.17. The Morgan fingerprint density at radius 2 is 1.96 bits per heavy atom. The fraction of sp³-hybridized carbons (Fsp3) is 0.600. The lowest BCUT2D eigenvalue weighted by molar-refractivity contribution is -0.116. The number of amides is 1. The Labute approximate surface area is 168 Å². The van der Waals surface area contributed by atoms with Crippen molar-refractivity contribution in [2.75, 3.05) is 12.4 Å². The van der Waals surface area contributed by atoms with Crippen LogP contribution in [0.15, 0.2) is 4.52 Å². The van der Waals surface area contributed by atoms with E-state index < -0.39 is 0 Å². The van der Waals surface area contributed by atoms with E-state index in [9.17, 15) is 9.59 Å². The molecule has 0 unspecified atom stereocenters. The van der Waals surface area contributed by atoms with Crippen molar-refractivity contribution in [2.45, 2.75) is 71.1 Å². The van der Waals surface area contributed by atoms with Crippen molar-refractivity contribution in [3.05, 3.63) is 27.7 Å². The van der Waals surface area contributed by atoms with Gasteiger partial charge in [0.25, 0.3) is 0 Å². The average Bonchev–Trinajstić information content (AvgIpc) is 3.18. The molecule has 8 heteroatoms. The number of carbonyl (C=O) groups excluding carboxylic acids is 2. The molecule has 0 radical (unpaired) electrons. The molecule has 0 aromatic carbocycles. The van der Waals surface area contributed by atoms with Gasteiger partial charge in [0.1, 0.15) is 5.00 Å². The van der Waals surface area contributed by atoms with Crippen LogP contribution in [0, 0.1) is 0 Å². The maximum atomic E-state index is 12.5. The summed E-state index contributed by atoms with van der Waals surface area (Å²) in [5.74, 6) is 0.492. The second-order valence-electron chi connectivity index (χ2n) is 8.07. The summed E-state index contributed by atoms with van der Waals surface area (Å²) in [4.78, 5) is 30.4. The summed E-state index contributed by atoms with van der Waals surface area (Å²) in [7, 11) is 1.37. The summed E-state index contributed by atoms with van der Waals surface area (Å²) in [6.45, 7) is 6.01. The maximum Gasteiger partial charge on any atom is 0.341 e. The minimum Gasteiger partial charge on any atom is -0.465 e. The zero-order chi connectivity index (χ0) is 20.3. The zero-order valence-corrected chi connectivity index (χ0v) is 17.7. The van der Waals surface area contributed by atoms with E-state index in [-0.39, 0.29) is 23.7 Å². The molecule has 1 N–H and O–H groups in total. The molecule has 2 aromatic heterocycles. The van der Waals surface area contributed by atoms with Crippen molar-refractivity contribution in [1.29, 1.82) is 0 Å². The number of carbonyl (C=O) groups is 2. The number of aromatic nitrogens is 2. The normalized spacial score (nSPS) is 14.3. The molecule has 3 rings (SSSR count). The van der Waals surface area contributed by atoms with Gasteiger partial charge in [0.15, 0.2) is 5.82 Å². The van der Waals surface area contributed by atoms with Crippen molar-refractivity contribution in [3.8, 4) is 0 Å². The molecule has 1 amide bonds. The first kappa shape index (κ1) is 20.5. The van der Waals surface area contributed by atoms with Gasteiger partial charge in [0, 0.05) is 23.1 Å². The third-order valence-corrected chi connectivity index (χ3v) is 5.98. The van der Waals surface area contributed by atoms with Crippen molar-refractivity contribution in [2.24, 2.45) is 0 Å². The van der Waals surface area contributed by atoms with Crippen molar-refractivity contribution >= 4 is 28.2 Å². The minimum absolute atomic E-state index is 0.183. The summed E-state index contributed by atoms with van der Waals surface area (Å²) in [5.41, 5.74) is 1.36. The van der Waals surface area contributed by atoms with Gasteiger partial charge in [-0.15, -0.1) is 11.3 Å². The SMILES string of the molecule is COC(=O)c1c(NC(=O)CCc2nc(C(C)(C)C)no2)sc2c1CCCCC2. The standard InChI is InChI=1S/C20H27N3O4S/c1-20(2,3)19-22-15(27-23-19)11-10-14(24)21-17-16(18(25)26-4)12-8-6-5-7-9-13(12)28-17/h5-11H2,1-4H3,(H,21,24). The van der Waals surface area contributed by atoms with Crippen LogP contribution < -0.4 is 5.32 Å². The van der Waals surface area contributed by atoms with E-state index in [2.05, 4.69) is 15.5 Å². The molecule has 0 saturated heterocycles. The van der Waals surface area contributed by atoms with Gasteiger partial charge in [0.2, 0.25) is 11.8 Å². The number of anilines is 1. The Balaban J connectivity index is 1.70. The lowest BCUT2D eigenvalue weighted by Gasteiger charge is -2.10. The molecule has 1 aliphatic rings. The van der Waals surface area contributed by atoms with E-state index in [1.54, 1.807) is 0 Å². The fourth-order valence-corrected chi connectivity index (χ4v) is 4.51. The number of aryl methyl sites for hydroxylation is 2. The molecule has 0 fully saturated rings. The summed E-state index contributed by atoms with van der Waals surface area (Å²) >= 11 is 1.49. The van der Waals surface area contributed by atoms with E-state index >= 15 is 0 Å². The zero-order valence-electron chi connectivity index (χ0n) is 16.9. The van der Waals surface area contributed by atoms with Crippen LogP contribution in [0.1, 0.15) is 79.0 Å². The number of hydrogen-bond donors (Lipinski definition) is 1. The first-order valence-electron chi connectivity index (χ1n) is 9.65. The summed E-state index contributed by atoms with van der Waals surface area (Å²) < 4.78 is 10.2. The van der Waals surface area contributed by atoms with Crippen LogP contribution in [-0.2, 0) is 34.2 Å². The Hall–Kier alpha value is -2.22. The molecule has 2 heterocycles. The molecule has 152 valence electrons. The second kappa shape index (κ2) is 8.43. The van der Waals surface area contributed by atoms with Crippen molar-refractivity contribution in [1.82, 2.24) is 10.1 Å². The molecule has 0 bridgehead atoms. The molecular formula is C20H27N3O4S. The van der Waals surface area contributed by atoms with Crippen LogP contribution in [-0.4, -0.2) is 29.1 Å². The van der Waals surface area contributed by atoms with Gasteiger partial charge >= 0.3 is 5.97 Å². The second-order valence-corrected chi connectivity index (χ2v) is 9.18. The van der Waals surface area contributed by atoms with Crippen LogP contribution in [0.2, 0.25) is 0 Å². The van der Waals surface area contributed by atoms with Gasteiger partial charge in [-0.3, -0.25) is 4.79 Å². The van der Waals surface area contributed by atoms with Crippen molar-refractivity contribution < 1.29 is 18.8 Å². The number of methoxy groups -OCH3 is 1. The van der Waals surface area contributed by atoms with E-state index in [1.807, 2.05) is 20.8 Å². The highest BCUT2D eigenvalue weighted by atomic mass is 32.1. The number of fused-ring (bicyclic) bond motifs is 1. The monoisotopic (exact) mass is 405 g/mol. The van der Waals surface area contributed by atoms with Crippen LogP contribution >= 0.6 is 11.3 Å². The third kappa shape index (κ3) is 4.60. The number of ether oxygens (including phenoxy) is 1. The molecule has 28 heavy (non-hydrogen) atoms. The van der Waals surface area contributed by atoms with Crippen LogP contribution in [0.3, 0.4) is 0 Å². The third-order valence-electron chi connectivity index (χ3n) is 4.77. The number of hydrogen-bond acceptors (Lipinski definition) is 7. The summed E-state index contributed by atoms with van der Waals surface area (Å²) in [6.07, 6.45) is 5.66. The molecule has 2 aromatic rings. The predicted molar refractivity (Wildman–Crippen MR) is 107 cm³/mol. The minimum atomic E-state index is -0.388. The molecular weight excluding hydrogens is 378 g/mol. The first-order chi connectivity index (χ1) is 13.3. The van der Waals surface area contributed by atoms with Gasteiger partial charge in [-0.05, 0) is 31.2 Å². The molecule has 7 nitrogen and oxygen atoms in total. The Morgan fingerprint density at radius 1 is 1.21 bits per heavy atom. The van der Waals surface area contributed by atoms with E-state index in [4.69, 9.17) is 9.26 Å². The van der Waals surface area contributed by atoms with E-state index in [0.717, 1.165) is 37.7 Å². The lowest BCUT2D eigenvalue weighted by Crippen LogP contribution is -2.15. The Bertz CT molecular complexity index is 863. The van der Waals surface area contributed by atoms with Gasteiger partial charge in [-0.1, -0.05) is 32.3 Å². The largest absolute Gasteiger partial charge is 0.465 e. The molecule has 1 aliphatic carbocycles. The van der Waals surface area contributed by atoms with Crippen LogP contribution in [0.25, 0.3) is 0 Å². The number of thiophene rings is 1. The average molecular weight is 406 g/mol. The predicted octanol–water partition coefficient (Wildman–Crippen LogP) is 4.06. The molecule has 0 spiro atoms. The highest BCUT2D eigenvalue weighted by Crippen LogP contribution is 2.38. The first-order valence-corrected chi connectivity index (χ1v) is 10.5. The van der Waals surface area contributed by atoms with Gasteiger partial charge in [-0.2, -0.15) is 4.98 Å². The van der Waals surface area contributed by atoms with Gasteiger partial charge in [-0.25, -0.2) is 4.79 Å². The summed E-state index contributed by atoms with van der Waals surface area (Å²) in [5, 5.41) is 7.46. The topological polar surface area (TPSA) is 94.3 Å². The number of nitrogens with one attached hydrogen (secondary N) is 1. The van der Waals surface area contributed by atoms with Crippen LogP contribution in [0.5, 0.6) is 0 Å². The van der Waals surface area contributed by atoms with Gasteiger partial charge in [0.05, 0.1) is 12.7 Å². The Morgan fingerprint density at radius 3 is 2.64 bits per heavy atom. The van der Waals surface area contributed by atoms with Crippen LogP contribution in [0.4, 0.5) is 5.00 Å². The smallest absolute Gasteiger partial charge is 0.341 e. The molecule has 0 saturated carbocycles. The Kier molecular flexibility index (Phi) is 6.17. The van der Waals surface area contributed by atoms with Gasteiger partial charge < -0.3 is 14.6 Å². The van der Waals surface area contributed by atoms with E-state index in [1.165, 1.54) is 23.3 Å².